The Morgan fingerprint density at radius 3 is 2.70 bits per heavy atom. The van der Waals surface area contributed by atoms with Crippen LogP contribution in [-0.2, 0) is 23.0 Å². The maximum absolute atomic E-state index is 11.7. The van der Waals surface area contributed by atoms with Crippen molar-refractivity contribution < 1.29 is 13.9 Å². The molecule has 0 aliphatic carbocycles. The zero-order valence-corrected chi connectivity index (χ0v) is 16.7. The summed E-state index contributed by atoms with van der Waals surface area (Å²) >= 11 is 0. The van der Waals surface area contributed by atoms with Crippen molar-refractivity contribution in [3.8, 4) is 17.2 Å². The molecule has 3 aromatic rings. The van der Waals surface area contributed by atoms with Crippen LogP contribution in [-0.4, -0.2) is 23.2 Å². The number of carbonyl (C=O) groups excluding carboxylic acids is 1. The first kappa shape index (κ1) is 19.9. The van der Waals surface area contributed by atoms with E-state index in [2.05, 4.69) is 6.07 Å². The summed E-state index contributed by atoms with van der Waals surface area (Å²) in [6, 6.07) is 15.9. The first-order chi connectivity index (χ1) is 14.5. The minimum Gasteiger partial charge on any atom is -0.408 e. The number of aryl methyl sites for hydroxylation is 1. The number of oxazole rings is 1. The summed E-state index contributed by atoms with van der Waals surface area (Å²) in [4.78, 5) is 23.2. The topological polar surface area (TPSA) is 111 Å². The van der Waals surface area contributed by atoms with E-state index in [9.17, 15) is 14.9 Å². The number of nitriles is 1. The highest BCUT2D eigenvalue weighted by molar-refractivity contribution is 5.80. The standard InChI is InChI=1S/C23H23N3O4/c1-26-19-11-16(6-7-20(19)30-23(26)28)15-4-2-14(3-5-15)10-18(13-24)21-12-17(22(25)27)8-9-29-21/h2-7,11,17-18,21H,8-10,12H2,1H3,(H2,25,27). The van der Waals surface area contributed by atoms with E-state index in [0.717, 1.165) is 22.2 Å². The zero-order valence-electron chi connectivity index (χ0n) is 16.7. The number of ether oxygens (including phenoxy) is 1. The van der Waals surface area contributed by atoms with E-state index in [-0.39, 0.29) is 29.6 Å². The van der Waals surface area contributed by atoms with E-state index in [1.807, 2.05) is 36.4 Å². The van der Waals surface area contributed by atoms with Gasteiger partial charge in [0.05, 0.1) is 23.6 Å². The Bertz CT molecular complexity index is 1170. The van der Waals surface area contributed by atoms with Gasteiger partial charge >= 0.3 is 5.76 Å². The van der Waals surface area contributed by atoms with Gasteiger partial charge in [-0.25, -0.2) is 4.79 Å². The number of rotatable bonds is 5. The van der Waals surface area contributed by atoms with Crippen LogP contribution in [0.2, 0.25) is 0 Å². The van der Waals surface area contributed by atoms with Crippen LogP contribution in [0.15, 0.2) is 51.7 Å². The quantitative estimate of drug-likeness (QED) is 0.702. The Hall–Kier alpha value is -3.37. The largest absolute Gasteiger partial charge is 0.419 e. The fraction of sp³-hybridized carbons (Fsp3) is 0.348. The summed E-state index contributed by atoms with van der Waals surface area (Å²) in [5.41, 5.74) is 9.74. The molecule has 2 N–H and O–H groups in total. The Balaban J connectivity index is 1.50. The van der Waals surface area contributed by atoms with Crippen LogP contribution >= 0.6 is 0 Å². The summed E-state index contributed by atoms with van der Waals surface area (Å²) in [7, 11) is 1.68. The Morgan fingerprint density at radius 1 is 1.27 bits per heavy atom. The lowest BCUT2D eigenvalue weighted by Gasteiger charge is -2.30. The molecule has 2 aromatic carbocycles. The maximum atomic E-state index is 11.7. The van der Waals surface area contributed by atoms with Gasteiger partial charge in [0.25, 0.3) is 0 Å². The molecular formula is C23H23N3O4. The second-order valence-corrected chi connectivity index (χ2v) is 7.78. The predicted molar refractivity (Wildman–Crippen MR) is 111 cm³/mol. The SMILES string of the molecule is Cn1c(=O)oc2ccc(-c3ccc(CC(C#N)C4CC(C(N)=O)CCO4)cc3)cc21. The molecule has 4 rings (SSSR count). The number of benzene rings is 2. The summed E-state index contributed by atoms with van der Waals surface area (Å²) in [6.45, 7) is 0.453. The van der Waals surface area contributed by atoms with Crippen molar-refractivity contribution in [3.63, 3.8) is 0 Å². The second-order valence-electron chi connectivity index (χ2n) is 7.78. The average Bonchev–Trinajstić information content (AvgIpc) is 3.05. The average molecular weight is 405 g/mol. The molecule has 7 heteroatoms. The monoisotopic (exact) mass is 405 g/mol. The number of carbonyl (C=O) groups is 1. The van der Waals surface area contributed by atoms with Crippen molar-refractivity contribution >= 4 is 17.0 Å². The zero-order chi connectivity index (χ0) is 21.3. The van der Waals surface area contributed by atoms with Gasteiger partial charge in [0.15, 0.2) is 5.58 Å². The molecule has 1 amide bonds. The van der Waals surface area contributed by atoms with Crippen molar-refractivity contribution in [2.75, 3.05) is 6.61 Å². The fourth-order valence-corrected chi connectivity index (χ4v) is 4.02. The molecule has 3 unspecified atom stereocenters. The molecule has 1 aliphatic heterocycles. The first-order valence-corrected chi connectivity index (χ1v) is 9.95. The van der Waals surface area contributed by atoms with Gasteiger partial charge in [-0.15, -0.1) is 0 Å². The molecule has 0 spiro atoms. The van der Waals surface area contributed by atoms with Crippen molar-refractivity contribution in [2.24, 2.45) is 24.6 Å². The number of hydrogen-bond donors (Lipinski definition) is 1. The van der Waals surface area contributed by atoms with Crippen LogP contribution in [0.1, 0.15) is 18.4 Å². The van der Waals surface area contributed by atoms with Gasteiger partial charge < -0.3 is 14.9 Å². The van der Waals surface area contributed by atoms with E-state index in [0.29, 0.717) is 31.5 Å². The number of hydrogen-bond acceptors (Lipinski definition) is 5. The van der Waals surface area contributed by atoms with E-state index >= 15 is 0 Å². The van der Waals surface area contributed by atoms with Crippen LogP contribution < -0.4 is 11.5 Å². The number of amides is 1. The Kier molecular flexibility index (Phi) is 5.42. The third kappa shape index (κ3) is 3.87. The van der Waals surface area contributed by atoms with E-state index in [4.69, 9.17) is 14.9 Å². The van der Waals surface area contributed by atoms with Crippen LogP contribution in [0.4, 0.5) is 0 Å². The van der Waals surface area contributed by atoms with Crippen LogP contribution in [0, 0.1) is 23.2 Å². The first-order valence-electron chi connectivity index (χ1n) is 9.95. The molecule has 1 aliphatic rings. The lowest BCUT2D eigenvalue weighted by atomic mass is 9.85. The molecule has 0 radical (unpaired) electrons. The van der Waals surface area contributed by atoms with Crippen LogP contribution in [0.3, 0.4) is 0 Å². The molecular weight excluding hydrogens is 382 g/mol. The minimum absolute atomic E-state index is 0.226. The van der Waals surface area contributed by atoms with E-state index in [1.165, 1.54) is 4.57 Å². The highest BCUT2D eigenvalue weighted by Gasteiger charge is 2.32. The van der Waals surface area contributed by atoms with Crippen molar-refractivity contribution in [2.45, 2.75) is 25.4 Å². The number of nitrogens with two attached hydrogens (primary N) is 1. The molecule has 2 heterocycles. The predicted octanol–water partition coefficient (Wildman–Crippen LogP) is 2.76. The van der Waals surface area contributed by atoms with Gasteiger partial charge in [-0.1, -0.05) is 30.3 Å². The molecule has 1 aromatic heterocycles. The maximum Gasteiger partial charge on any atom is 0.419 e. The highest BCUT2D eigenvalue weighted by atomic mass is 16.5. The van der Waals surface area contributed by atoms with Crippen LogP contribution in [0.5, 0.6) is 0 Å². The second kappa shape index (κ2) is 8.17. The molecule has 0 bridgehead atoms. The summed E-state index contributed by atoms with van der Waals surface area (Å²) < 4.78 is 12.4. The van der Waals surface area contributed by atoms with Crippen molar-refractivity contribution in [3.05, 3.63) is 58.6 Å². The lowest BCUT2D eigenvalue weighted by Crippen LogP contribution is -2.37. The fourth-order valence-electron chi connectivity index (χ4n) is 4.02. The number of fused-ring (bicyclic) bond motifs is 1. The van der Waals surface area contributed by atoms with Gasteiger partial charge in [0.1, 0.15) is 0 Å². The number of primary amides is 1. The van der Waals surface area contributed by atoms with E-state index < -0.39 is 0 Å². The molecule has 7 nitrogen and oxygen atoms in total. The van der Waals surface area contributed by atoms with Crippen molar-refractivity contribution in [1.82, 2.24) is 4.57 Å². The third-order valence-electron chi connectivity index (χ3n) is 5.87. The van der Waals surface area contributed by atoms with Crippen molar-refractivity contribution in [1.29, 1.82) is 5.26 Å². The summed E-state index contributed by atoms with van der Waals surface area (Å²) in [5.74, 6) is -1.27. The Labute approximate surface area is 173 Å². The lowest BCUT2D eigenvalue weighted by molar-refractivity contribution is -0.127. The summed E-state index contributed by atoms with van der Waals surface area (Å²) in [6.07, 6.45) is 1.37. The molecule has 1 saturated heterocycles. The molecule has 154 valence electrons. The molecule has 1 fully saturated rings. The number of nitrogens with zero attached hydrogens (tertiary/aromatic N) is 2. The van der Waals surface area contributed by atoms with Gasteiger partial charge in [0.2, 0.25) is 5.91 Å². The Morgan fingerprint density at radius 2 is 2.00 bits per heavy atom. The van der Waals surface area contributed by atoms with Gasteiger partial charge in [-0.2, -0.15) is 5.26 Å². The smallest absolute Gasteiger partial charge is 0.408 e. The molecule has 0 saturated carbocycles. The van der Waals surface area contributed by atoms with Gasteiger partial charge in [-0.3, -0.25) is 9.36 Å². The molecule has 30 heavy (non-hydrogen) atoms. The minimum atomic E-state index is -0.386. The normalized spacial score (nSPS) is 20.0. The van der Waals surface area contributed by atoms with Gasteiger partial charge in [-0.05, 0) is 48.1 Å². The molecule has 3 atom stereocenters. The van der Waals surface area contributed by atoms with E-state index in [1.54, 1.807) is 13.1 Å². The number of aromatic nitrogens is 1. The summed E-state index contributed by atoms with van der Waals surface area (Å²) in [5, 5.41) is 9.64. The van der Waals surface area contributed by atoms with Gasteiger partial charge in [0, 0.05) is 19.6 Å². The highest BCUT2D eigenvalue weighted by Crippen LogP contribution is 2.28. The third-order valence-corrected chi connectivity index (χ3v) is 5.87. The van der Waals surface area contributed by atoms with Crippen LogP contribution in [0.25, 0.3) is 22.2 Å².